The summed E-state index contributed by atoms with van der Waals surface area (Å²) in [6, 6.07) is 10.8. The molecule has 9 nitrogen and oxygen atoms in total. The molecule has 4 rings (SSSR count). The molecule has 3 heterocycles. The average Bonchev–Trinajstić information content (AvgIpc) is 3.18. The first kappa shape index (κ1) is 19.3. The Kier molecular flexibility index (Phi) is 5.25. The number of rotatable bonds is 6. The van der Waals surface area contributed by atoms with Gasteiger partial charge in [-0.1, -0.05) is 6.07 Å². The van der Waals surface area contributed by atoms with Gasteiger partial charge >= 0.3 is 0 Å². The van der Waals surface area contributed by atoms with E-state index in [1.54, 1.807) is 42.2 Å². The number of hydrogen-bond donors (Lipinski definition) is 1. The number of carbonyl (C=O) groups is 1. The van der Waals surface area contributed by atoms with E-state index in [-0.39, 0.29) is 5.82 Å². The van der Waals surface area contributed by atoms with Crippen molar-refractivity contribution in [3.63, 3.8) is 0 Å². The van der Waals surface area contributed by atoms with E-state index in [0.717, 1.165) is 17.0 Å². The van der Waals surface area contributed by atoms with Gasteiger partial charge in [-0.05, 0) is 38.1 Å². The minimum Gasteiger partial charge on any atom is -0.493 e. The molecule has 0 bridgehead atoms. The Morgan fingerprint density at radius 1 is 1.13 bits per heavy atom. The minimum absolute atomic E-state index is 0.0323. The van der Waals surface area contributed by atoms with Crippen molar-refractivity contribution in [3.8, 4) is 11.5 Å². The summed E-state index contributed by atoms with van der Waals surface area (Å²) in [6.07, 6.45) is 3.43. The van der Waals surface area contributed by atoms with Crippen molar-refractivity contribution in [2.75, 3.05) is 12.4 Å². The smallest absolute Gasteiger partial charge is 0.295 e. The maximum atomic E-state index is 12.7. The molecular weight excluding hydrogens is 384 g/mol. The summed E-state index contributed by atoms with van der Waals surface area (Å²) >= 11 is 0. The zero-order valence-electron chi connectivity index (χ0n) is 16.8. The van der Waals surface area contributed by atoms with E-state index < -0.39 is 5.91 Å². The number of hydrogen-bond acceptors (Lipinski definition) is 7. The van der Waals surface area contributed by atoms with Crippen LogP contribution in [0, 0.1) is 13.8 Å². The number of aromatic nitrogens is 5. The molecule has 0 fully saturated rings. The van der Waals surface area contributed by atoms with E-state index in [2.05, 4.69) is 25.4 Å². The molecule has 0 saturated carbocycles. The number of methoxy groups -OCH3 is 1. The summed E-state index contributed by atoms with van der Waals surface area (Å²) in [4.78, 5) is 25.3. The highest BCUT2D eigenvalue weighted by molar-refractivity contribution is 6.01. The molecule has 1 N–H and O–H groups in total. The van der Waals surface area contributed by atoms with Crippen molar-refractivity contribution in [1.29, 1.82) is 0 Å². The molecule has 3 aromatic heterocycles. The highest BCUT2D eigenvalue weighted by atomic mass is 16.5. The van der Waals surface area contributed by atoms with Gasteiger partial charge in [0.2, 0.25) is 5.82 Å². The molecule has 0 unspecified atom stereocenters. The second-order valence-corrected chi connectivity index (χ2v) is 6.66. The van der Waals surface area contributed by atoms with Crippen LogP contribution in [0.1, 0.15) is 27.6 Å². The number of ether oxygens (including phenoxy) is 2. The van der Waals surface area contributed by atoms with Crippen molar-refractivity contribution in [2.45, 2.75) is 20.5 Å². The van der Waals surface area contributed by atoms with E-state index in [4.69, 9.17) is 9.47 Å². The van der Waals surface area contributed by atoms with Gasteiger partial charge in [-0.25, -0.2) is 9.50 Å². The molecule has 1 amide bonds. The molecule has 0 atom stereocenters. The Morgan fingerprint density at radius 3 is 2.77 bits per heavy atom. The summed E-state index contributed by atoms with van der Waals surface area (Å²) in [5, 5.41) is 7.04. The van der Waals surface area contributed by atoms with Gasteiger partial charge < -0.3 is 14.8 Å². The van der Waals surface area contributed by atoms with Crippen LogP contribution in [0.15, 0.2) is 48.8 Å². The second-order valence-electron chi connectivity index (χ2n) is 6.66. The maximum absolute atomic E-state index is 12.7. The van der Waals surface area contributed by atoms with Crippen molar-refractivity contribution < 1.29 is 14.3 Å². The summed E-state index contributed by atoms with van der Waals surface area (Å²) < 4.78 is 12.8. The van der Waals surface area contributed by atoms with Crippen LogP contribution in [0.4, 0.5) is 5.69 Å². The molecule has 152 valence electrons. The molecule has 1 aromatic carbocycles. The van der Waals surface area contributed by atoms with E-state index >= 15 is 0 Å². The highest BCUT2D eigenvalue weighted by Crippen LogP contribution is 2.31. The van der Waals surface area contributed by atoms with Crippen molar-refractivity contribution in [1.82, 2.24) is 24.6 Å². The Morgan fingerprint density at radius 2 is 2.00 bits per heavy atom. The predicted molar refractivity (Wildman–Crippen MR) is 110 cm³/mol. The molecular formula is C21H20N6O3. The number of nitrogens with one attached hydrogen (secondary N) is 1. The molecule has 0 radical (unpaired) electrons. The van der Waals surface area contributed by atoms with Crippen LogP contribution in [0.3, 0.4) is 0 Å². The van der Waals surface area contributed by atoms with Crippen molar-refractivity contribution >= 4 is 17.4 Å². The quantitative estimate of drug-likeness (QED) is 0.527. The maximum Gasteiger partial charge on any atom is 0.295 e. The zero-order valence-corrected chi connectivity index (χ0v) is 16.8. The third-order valence-electron chi connectivity index (χ3n) is 4.36. The van der Waals surface area contributed by atoms with Gasteiger partial charge in [0.15, 0.2) is 11.5 Å². The monoisotopic (exact) mass is 404 g/mol. The summed E-state index contributed by atoms with van der Waals surface area (Å²) in [7, 11) is 1.56. The Hall–Kier alpha value is -4.01. The summed E-state index contributed by atoms with van der Waals surface area (Å²) in [5.74, 6) is 1.02. The second kappa shape index (κ2) is 8.16. The molecule has 0 aliphatic rings. The number of carbonyl (C=O) groups excluding carboxylic acids is 1. The van der Waals surface area contributed by atoms with Crippen molar-refractivity contribution in [3.05, 3.63) is 71.6 Å². The Labute approximate surface area is 172 Å². The van der Waals surface area contributed by atoms with Crippen LogP contribution < -0.4 is 14.8 Å². The number of amides is 1. The Balaban J connectivity index is 1.54. The number of benzene rings is 1. The van der Waals surface area contributed by atoms with Crippen LogP contribution in [0.2, 0.25) is 0 Å². The summed E-state index contributed by atoms with van der Waals surface area (Å²) in [5.41, 5.74) is 3.10. The molecule has 0 saturated heterocycles. The predicted octanol–water partition coefficient (Wildman–Crippen LogP) is 2.98. The first-order valence-electron chi connectivity index (χ1n) is 9.25. The molecule has 30 heavy (non-hydrogen) atoms. The molecule has 4 aromatic rings. The van der Waals surface area contributed by atoms with E-state index in [1.165, 1.54) is 0 Å². The lowest BCUT2D eigenvalue weighted by molar-refractivity contribution is 0.101. The van der Waals surface area contributed by atoms with Gasteiger partial charge in [0.05, 0.1) is 7.11 Å². The largest absolute Gasteiger partial charge is 0.493 e. The van der Waals surface area contributed by atoms with Gasteiger partial charge in [-0.2, -0.15) is 4.98 Å². The molecule has 9 heteroatoms. The SMILES string of the molecule is COc1ccc(NC(=O)c2nc3nc(C)cc(C)n3n2)cc1OCc1cccnc1. The molecule has 0 aliphatic carbocycles. The number of nitrogens with zero attached hydrogens (tertiary/aromatic N) is 5. The lowest BCUT2D eigenvalue weighted by Crippen LogP contribution is -2.14. The van der Waals surface area contributed by atoms with E-state index in [0.29, 0.717) is 29.6 Å². The number of anilines is 1. The Bertz CT molecular complexity index is 1210. The molecule has 0 spiro atoms. The van der Waals surface area contributed by atoms with Gasteiger partial charge in [0.1, 0.15) is 6.61 Å². The fraction of sp³-hybridized carbons (Fsp3) is 0.190. The van der Waals surface area contributed by atoms with E-state index in [1.807, 2.05) is 32.0 Å². The lowest BCUT2D eigenvalue weighted by Gasteiger charge is -2.12. The third-order valence-corrected chi connectivity index (χ3v) is 4.36. The topological polar surface area (TPSA) is 104 Å². The average molecular weight is 404 g/mol. The van der Waals surface area contributed by atoms with Gasteiger partial charge in [-0.3, -0.25) is 9.78 Å². The lowest BCUT2D eigenvalue weighted by atomic mass is 10.2. The van der Waals surface area contributed by atoms with E-state index in [9.17, 15) is 4.79 Å². The highest BCUT2D eigenvalue weighted by Gasteiger charge is 2.16. The van der Waals surface area contributed by atoms with Gasteiger partial charge in [0, 0.05) is 41.1 Å². The normalized spacial score (nSPS) is 10.8. The number of aryl methyl sites for hydroxylation is 2. The zero-order chi connectivity index (χ0) is 21.1. The third kappa shape index (κ3) is 4.04. The van der Waals surface area contributed by atoms with Crippen LogP contribution >= 0.6 is 0 Å². The van der Waals surface area contributed by atoms with Crippen LogP contribution in [-0.2, 0) is 6.61 Å². The van der Waals surface area contributed by atoms with Crippen LogP contribution in [0.5, 0.6) is 11.5 Å². The number of fused-ring (bicyclic) bond motifs is 1. The number of pyridine rings is 1. The fourth-order valence-corrected chi connectivity index (χ4v) is 2.96. The first-order chi connectivity index (χ1) is 14.5. The van der Waals surface area contributed by atoms with Crippen LogP contribution in [0.25, 0.3) is 5.78 Å². The van der Waals surface area contributed by atoms with Crippen LogP contribution in [-0.4, -0.2) is 37.6 Å². The standard InChI is InChI=1S/C21H20N6O3/c1-13-9-14(2)27-21(23-13)25-19(26-27)20(28)24-16-6-7-17(29-3)18(10-16)30-12-15-5-4-8-22-11-15/h4-11H,12H2,1-3H3,(H,24,28). The van der Waals surface area contributed by atoms with Crippen molar-refractivity contribution in [2.24, 2.45) is 0 Å². The first-order valence-corrected chi connectivity index (χ1v) is 9.25. The van der Waals surface area contributed by atoms with Gasteiger partial charge in [-0.15, -0.1) is 5.10 Å². The fourth-order valence-electron chi connectivity index (χ4n) is 2.96. The minimum atomic E-state index is -0.444. The molecule has 0 aliphatic heterocycles. The summed E-state index contributed by atoms with van der Waals surface area (Å²) in [6.45, 7) is 4.07. The van der Waals surface area contributed by atoms with Gasteiger partial charge in [0.25, 0.3) is 11.7 Å².